The molecule has 1 heterocycles. The van der Waals surface area contributed by atoms with Gasteiger partial charge in [-0.1, -0.05) is 23.4 Å². The fourth-order valence-corrected chi connectivity index (χ4v) is 3.58. The number of halogens is 2. The van der Waals surface area contributed by atoms with Gasteiger partial charge in [-0.3, -0.25) is 4.79 Å². The molecule has 0 aliphatic carbocycles. The summed E-state index contributed by atoms with van der Waals surface area (Å²) in [6.07, 6.45) is 0. The van der Waals surface area contributed by atoms with Crippen molar-refractivity contribution in [3.63, 3.8) is 0 Å². The molecule has 0 unspecified atom stereocenters. The molecule has 0 aliphatic rings. The summed E-state index contributed by atoms with van der Waals surface area (Å²) in [6, 6.07) is 4.09. The normalized spacial score (nSPS) is 12.2. The van der Waals surface area contributed by atoms with Crippen molar-refractivity contribution in [1.82, 2.24) is 4.98 Å². The molecular formula is C13H12ClFN2OS2. The molecule has 1 amide bonds. The van der Waals surface area contributed by atoms with Gasteiger partial charge in [-0.2, -0.15) is 0 Å². The molecule has 2 rings (SSSR count). The number of hydrogen-bond acceptors (Lipinski definition) is 4. The number of amides is 1. The third-order valence-corrected chi connectivity index (χ3v) is 4.91. The lowest BCUT2D eigenvalue weighted by molar-refractivity contribution is -0.115. The molecule has 106 valence electrons. The van der Waals surface area contributed by atoms with Gasteiger partial charge >= 0.3 is 0 Å². The summed E-state index contributed by atoms with van der Waals surface area (Å²) in [5, 5.41) is 4.32. The number of benzene rings is 1. The van der Waals surface area contributed by atoms with Crippen molar-refractivity contribution in [2.45, 2.75) is 23.4 Å². The summed E-state index contributed by atoms with van der Waals surface area (Å²) < 4.78 is 13.9. The number of thioether (sulfide) groups is 1. The summed E-state index contributed by atoms with van der Waals surface area (Å²) in [5.74, 6) is -0.684. The SMILES string of the molecule is Cc1csc(S[C@@H](C)C(=O)Nc2ccc(F)c(Cl)c2)n1. The van der Waals surface area contributed by atoms with Crippen LogP contribution in [0.2, 0.25) is 5.02 Å². The second-order valence-electron chi connectivity index (χ2n) is 4.13. The summed E-state index contributed by atoms with van der Waals surface area (Å²) in [7, 11) is 0. The highest BCUT2D eigenvalue weighted by Gasteiger charge is 2.16. The minimum Gasteiger partial charge on any atom is -0.325 e. The van der Waals surface area contributed by atoms with Crippen LogP contribution in [0.3, 0.4) is 0 Å². The van der Waals surface area contributed by atoms with E-state index in [2.05, 4.69) is 10.3 Å². The van der Waals surface area contributed by atoms with E-state index in [4.69, 9.17) is 11.6 Å². The molecule has 1 N–H and O–H groups in total. The number of aryl methyl sites for hydroxylation is 1. The van der Waals surface area contributed by atoms with E-state index in [1.54, 1.807) is 6.92 Å². The van der Waals surface area contributed by atoms with Crippen LogP contribution < -0.4 is 5.32 Å². The van der Waals surface area contributed by atoms with Crippen molar-refractivity contribution in [2.75, 3.05) is 5.32 Å². The Morgan fingerprint density at radius 3 is 2.90 bits per heavy atom. The van der Waals surface area contributed by atoms with E-state index in [1.807, 2.05) is 12.3 Å². The molecule has 0 bridgehead atoms. The predicted molar refractivity (Wildman–Crippen MR) is 82.2 cm³/mol. The second kappa shape index (κ2) is 6.56. The number of aromatic nitrogens is 1. The van der Waals surface area contributed by atoms with Gasteiger partial charge < -0.3 is 5.32 Å². The Balaban J connectivity index is 1.98. The van der Waals surface area contributed by atoms with Gasteiger partial charge in [-0.25, -0.2) is 9.37 Å². The fourth-order valence-electron chi connectivity index (χ4n) is 1.41. The Morgan fingerprint density at radius 2 is 2.30 bits per heavy atom. The van der Waals surface area contributed by atoms with E-state index < -0.39 is 5.82 Å². The first-order valence-corrected chi connectivity index (χ1v) is 7.94. The summed E-state index contributed by atoms with van der Waals surface area (Å²) >= 11 is 8.56. The van der Waals surface area contributed by atoms with Gasteiger partial charge in [-0.05, 0) is 32.0 Å². The van der Waals surface area contributed by atoms with Gasteiger partial charge in [0.15, 0.2) is 4.34 Å². The molecule has 0 saturated carbocycles. The molecule has 2 aromatic rings. The number of nitrogens with one attached hydrogen (secondary N) is 1. The van der Waals surface area contributed by atoms with Crippen LogP contribution in [0.15, 0.2) is 27.9 Å². The Morgan fingerprint density at radius 1 is 1.55 bits per heavy atom. The van der Waals surface area contributed by atoms with Crippen LogP contribution in [-0.4, -0.2) is 16.1 Å². The fraction of sp³-hybridized carbons (Fsp3) is 0.231. The highest BCUT2D eigenvalue weighted by molar-refractivity contribution is 8.02. The quantitative estimate of drug-likeness (QED) is 0.847. The van der Waals surface area contributed by atoms with E-state index in [0.717, 1.165) is 10.0 Å². The van der Waals surface area contributed by atoms with Crippen molar-refractivity contribution < 1.29 is 9.18 Å². The van der Waals surface area contributed by atoms with Crippen LogP contribution in [0.1, 0.15) is 12.6 Å². The molecule has 3 nitrogen and oxygen atoms in total. The average molecular weight is 331 g/mol. The minimum absolute atomic E-state index is 0.0151. The second-order valence-corrected chi connectivity index (χ2v) is 6.99. The van der Waals surface area contributed by atoms with Crippen molar-refractivity contribution in [3.05, 3.63) is 40.1 Å². The Labute approximate surface area is 129 Å². The van der Waals surface area contributed by atoms with E-state index in [1.165, 1.54) is 41.3 Å². The molecule has 0 spiro atoms. The van der Waals surface area contributed by atoms with E-state index in [-0.39, 0.29) is 16.2 Å². The first kappa shape index (κ1) is 15.3. The van der Waals surface area contributed by atoms with Crippen LogP contribution in [0.5, 0.6) is 0 Å². The minimum atomic E-state index is -0.509. The molecule has 7 heteroatoms. The average Bonchev–Trinajstić information content (AvgIpc) is 2.79. The van der Waals surface area contributed by atoms with Crippen molar-refractivity contribution in [3.8, 4) is 0 Å². The number of carbonyl (C=O) groups excluding carboxylic acids is 1. The van der Waals surface area contributed by atoms with Gasteiger partial charge in [0.2, 0.25) is 5.91 Å². The maximum atomic E-state index is 13.0. The number of thiazole rings is 1. The van der Waals surface area contributed by atoms with E-state index >= 15 is 0 Å². The molecule has 0 radical (unpaired) electrons. The van der Waals surface area contributed by atoms with E-state index in [0.29, 0.717) is 5.69 Å². The Hall–Kier alpha value is -1.11. The topological polar surface area (TPSA) is 42.0 Å². The van der Waals surface area contributed by atoms with Gasteiger partial charge in [-0.15, -0.1) is 11.3 Å². The van der Waals surface area contributed by atoms with Crippen LogP contribution in [-0.2, 0) is 4.79 Å². The van der Waals surface area contributed by atoms with Gasteiger partial charge in [0.05, 0.1) is 10.3 Å². The first-order chi connectivity index (χ1) is 9.45. The van der Waals surface area contributed by atoms with Gasteiger partial charge in [0.25, 0.3) is 0 Å². The smallest absolute Gasteiger partial charge is 0.237 e. The monoisotopic (exact) mass is 330 g/mol. The highest BCUT2D eigenvalue weighted by atomic mass is 35.5. The molecule has 1 aromatic carbocycles. The maximum absolute atomic E-state index is 13.0. The summed E-state index contributed by atoms with van der Waals surface area (Å²) in [5.41, 5.74) is 1.42. The molecule has 0 fully saturated rings. The molecule has 0 aliphatic heterocycles. The lowest BCUT2D eigenvalue weighted by atomic mass is 10.3. The van der Waals surface area contributed by atoms with E-state index in [9.17, 15) is 9.18 Å². The van der Waals surface area contributed by atoms with Crippen molar-refractivity contribution in [2.24, 2.45) is 0 Å². The molecular weight excluding hydrogens is 319 g/mol. The molecule has 1 atom stereocenters. The number of carbonyl (C=O) groups is 1. The third-order valence-electron chi connectivity index (χ3n) is 2.43. The Kier molecular flexibility index (Phi) is 5.01. The van der Waals surface area contributed by atoms with Crippen LogP contribution in [0, 0.1) is 12.7 Å². The van der Waals surface area contributed by atoms with Crippen LogP contribution in [0.4, 0.5) is 10.1 Å². The summed E-state index contributed by atoms with van der Waals surface area (Å²) in [6.45, 7) is 3.70. The molecule has 0 saturated heterocycles. The Bertz CT molecular complexity index is 633. The predicted octanol–water partition coefficient (Wildman–Crippen LogP) is 4.36. The lowest BCUT2D eigenvalue weighted by Crippen LogP contribution is -2.22. The number of nitrogens with zero attached hydrogens (tertiary/aromatic N) is 1. The number of hydrogen-bond donors (Lipinski definition) is 1. The number of rotatable bonds is 4. The standard InChI is InChI=1S/C13H12ClFN2OS2/c1-7-6-19-13(16-7)20-8(2)12(18)17-9-3-4-11(15)10(14)5-9/h3-6,8H,1-2H3,(H,17,18)/t8-/m0/s1. The molecule has 20 heavy (non-hydrogen) atoms. The maximum Gasteiger partial charge on any atom is 0.237 e. The van der Waals surface area contributed by atoms with Gasteiger partial charge in [0, 0.05) is 16.8 Å². The van der Waals surface area contributed by atoms with Crippen LogP contribution in [0.25, 0.3) is 0 Å². The third kappa shape index (κ3) is 3.94. The highest BCUT2D eigenvalue weighted by Crippen LogP contribution is 2.27. The zero-order valence-electron chi connectivity index (χ0n) is 10.8. The molecule has 1 aromatic heterocycles. The first-order valence-electron chi connectivity index (χ1n) is 5.80. The van der Waals surface area contributed by atoms with Crippen molar-refractivity contribution in [1.29, 1.82) is 0 Å². The van der Waals surface area contributed by atoms with Crippen molar-refractivity contribution >= 4 is 46.3 Å². The lowest BCUT2D eigenvalue weighted by Gasteiger charge is -2.10. The largest absolute Gasteiger partial charge is 0.325 e. The van der Waals surface area contributed by atoms with Crippen LogP contribution >= 0.6 is 34.7 Å². The zero-order valence-corrected chi connectivity index (χ0v) is 13.2. The van der Waals surface area contributed by atoms with Gasteiger partial charge in [0.1, 0.15) is 5.82 Å². The summed E-state index contributed by atoms with van der Waals surface area (Å²) in [4.78, 5) is 16.3. The zero-order chi connectivity index (χ0) is 14.7. The number of anilines is 1.